The molecule has 0 spiro atoms. The van der Waals surface area contributed by atoms with Gasteiger partial charge in [-0.25, -0.2) is 0 Å². The van der Waals surface area contributed by atoms with Crippen LogP contribution in [-0.4, -0.2) is 21.5 Å². The average Bonchev–Trinajstić information content (AvgIpc) is 2.32. The number of hydrogen-bond acceptors (Lipinski definition) is 5. The summed E-state index contributed by atoms with van der Waals surface area (Å²) in [5.74, 6) is 0.822. The van der Waals surface area contributed by atoms with Crippen LogP contribution in [0, 0.1) is 0 Å². The van der Waals surface area contributed by atoms with Crippen LogP contribution >= 0.6 is 23.2 Å². The Bertz CT molecular complexity index is 529. The Kier molecular flexibility index (Phi) is 4.17. The number of anilines is 3. The molecule has 0 atom stereocenters. The van der Waals surface area contributed by atoms with E-state index in [0.29, 0.717) is 23.5 Å². The number of aromatic nitrogens is 3. The van der Waals surface area contributed by atoms with Gasteiger partial charge in [-0.3, -0.25) is 0 Å². The normalized spacial score (nSPS) is 10.2. The van der Waals surface area contributed by atoms with Gasteiger partial charge in [0, 0.05) is 17.3 Å². The molecule has 7 heteroatoms. The quantitative estimate of drug-likeness (QED) is 0.901. The zero-order valence-corrected chi connectivity index (χ0v) is 11.1. The van der Waals surface area contributed by atoms with Gasteiger partial charge in [-0.05, 0) is 42.8 Å². The summed E-state index contributed by atoms with van der Waals surface area (Å²) in [6.07, 6.45) is 0. The molecule has 0 unspecified atom stereocenters. The molecule has 1 heterocycles. The topological polar surface area (TPSA) is 62.7 Å². The molecule has 1 aromatic carbocycles. The fourth-order valence-electron chi connectivity index (χ4n) is 1.31. The first-order valence-electron chi connectivity index (χ1n) is 5.35. The van der Waals surface area contributed by atoms with E-state index in [1.54, 1.807) is 12.1 Å². The minimum atomic E-state index is 0.136. The predicted octanol–water partition coefficient (Wildman–Crippen LogP) is 3.35. The smallest absolute Gasteiger partial charge is 0.233 e. The SMILES string of the molecule is CCNc1nc(Cl)nc(Nc2ccc(Cl)cc2)n1. The fraction of sp³-hybridized carbons (Fsp3) is 0.182. The number of rotatable bonds is 4. The van der Waals surface area contributed by atoms with Crippen molar-refractivity contribution in [3.8, 4) is 0 Å². The van der Waals surface area contributed by atoms with Crippen molar-refractivity contribution in [2.24, 2.45) is 0 Å². The molecule has 0 bridgehead atoms. The second-order valence-corrected chi connectivity index (χ2v) is 4.19. The molecule has 0 aliphatic heterocycles. The maximum atomic E-state index is 5.81. The molecule has 18 heavy (non-hydrogen) atoms. The molecule has 0 saturated heterocycles. The minimum absolute atomic E-state index is 0.136. The van der Waals surface area contributed by atoms with Crippen LogP contribution in [0.1, 0.15) is 6.92 Å². The highest BCUT2D eigenvalue weighted by Crippen LogP contribution is 2.18. The first-order valence-corrected chi connectivity index (χ1v) is 6.11. The Hall–Kier alpha value is -1.59. The summed E-state index contributed by atoms with van der Waals surface area (Å²) in [6, 6.07) is 7.20. The molecule has 2 rings (SSSR count). The van der Waals surface area contributed by atoms with Crippen molar-refractivity contribution in [2.45, 2.75) is 6.92 Å². The molecule has 0 aliphatic carbocycles. The molecule has 5 nitrogen and oxygen atoms in total. The third-order valence-corrected chi connectivity index (χ3v) is 2.46. The molecule has 0 fully saturated rings. The maximum Gasteiger partial charge on any atom is 0.233 e. The Morgan fingerprint density at radius 2 is 1.67 bits per heavy atom. The highest BCUT2D eigenvalue weighted by molar-refractivity contribution is 6.30. The van der Waals surface area contributed by atoms with E-state index in [2.05, 4.69) is 25.6 Å². The lowest BCUT2D eigenvalue weighted by Crippen LogP contribution is -2.06. The molecule has 0 amide bonds. The van der Waals surface area contributed by atoms with Gasteiger partial charge in [-0.15, -0.1) is 0 Å². The van der Waals surface area contributed by atoms with Gasteiger partial charge in [0.25, 0.3) is 0 Å². The Morgan fingerprint density at radius 3 is 2.33 bits per heavy atom. The van der Waals surface area contributed by atoms with Crippen LogP contribution in [0.15, 0.2) is 24.3 Å². The number of nitrogens with zero attached hydrogens (tertiary/aromatic N) is 3. The zero-order chi connectivity index (χ0) is 13.0. The third kappa shape index (κ3) is 3.45. The van der Waals surface area contributed by atoms with Crippen molar-refractivity contribution in [2.75, 3.05) is 17.2 Å². The summed E-state index contributed by atoms with van der Waals surface area (Å²) in [7, 11) is 0. The average molecular weight is 284 g/mol. The van der Waals surface area contributed by atoms with Crippen LogP contribution in [0.2, 0.25) is 10.3 Å². The van der Waals surface area contributed by atoms with Gasteiger partial charge in [0.2, 0.25) is 17.2 Å². The second-order valence-electron chi connectivity index (χ2n) is 3.41. The summed E-state index contributed by atoms with van der Waals surface area (Å²) in [4.78, 5) is 12.1. The van der Waals surface area contributed by atoms with E-state index >= 15 is 0 Å². The highest BCUT2D eigenvalue weighted by atomic mass is 35.5. The van der Waals surface area contributed by atoms with Gasteiger partial charge in [0.05, 0.1) is 0 Å². The van der Waals surface area contributed by atoms with Crippen molar-refractivity contribution in [3.63, 3.8) is 0 Å². The Labute approximate surface area is 115 Å². The van der Waals surface area contributed by atoms with Gasteiger partial charge < -0.3 is 10.6 Å². The monoisotopic (exact) mass is 283 g/mol. The summed E-state index contributed by atoms with van der Waals surface area (Å²) < 4.78 is 0. The molecule has 2 N–H and O–H groups in total. The summed E-state index contributed by atoms with van der Waals surface area (Å²) in [5.41, 5.74) is 0.823. The van der Waals surface area contributed by atoms with Crippen molar-refractivity contribution in [1.82, 2.24) is 15.0 Å². The van der Waals surface area contributed by atoms with Crippen molar-refractivity contribution in [1.29, 1.82) is 0 Å². The van der Waals surface area contributed by atoms with Crippen LogP contribution in [0.25, 0.3) is 0 Å². The lowest BCUT2D eigenvalue weighted by atomic mass is 10.3. The third-order valence-electron chi connectivity index (χ3n) is 2.04. The van der Waals surface area contributed by atoms with Crippen molar-refractivity contribution in [3.05, 3.63) is 34.6 Å². The van der Waals surface area contributed by atoms with Gasteiger partial charge in [0.1, 0.15) is 0 Å². The summed E-state index contributed by atoms with van der Waals surface area (Å²) in [6.45, 7) is 2.66. The van der Waals surface area contributed by atoms with E-state index < -0.39 is 0 Å². The van der Waals surface area contributed by atoms with Gasteiger partial charge in [-0.1, -0.05) is 11.6 Å². The lowest BCUT2D eigenvalue weighted by molar-refractivity contribution is 1.02. The molecule has 0 saturated carbocycles. The van der Waals surface area contributed by atoms with E-state index in [1.807, 2.05) is 19.1 Å². The van der Waals surface area contributed by atoms with Gasteiger partial charge in [0.15, 0.2) is 0 Å². The fourth-order valence-corrected chi connectivity index (χ4v) is 1.59. The Balaban J connectivity index is 2.20. The van der Waals surface area contributed by atoms with E-state index in [0.717, 1.165) is 5.69 Å². The van der Waals surface area contributed by atoms with Crippen molar-refractivity contribution >= 4 is 40.8 Å². The standard InChI is InChI=1S/C11H11Cl2N5/c1-2-14-10-16-9(13)17-11(18-10)15-8-5-3-7(12)4-6-8/h3-6H,2H2,1H3,(H2,14,15,16,17,18). The molecule has 0 aliphatic rings. The number of nitrogens with one attached hydrogen (secondary N) is 2. The minimum Gasteiger partial charge on any atom is -0.354 e. The highest BCUT2D eigenvalue weighted by Gasteiger charge is 2.04. The van der Waals surface area contributed by atoms with E-state index in [1.165, 1.54) is 0 Å². The second kappa shape index (κ2) is 5.84. The van der Waals surface area contributed by atoms with Gasteiger partial charge >= 0.3 is 0 Å². The predicted molar refractivity (Wildman–Crippen MR) is 73.7 cm³/mol. The number of halogens is 2. The van der Waals surface area contributed by atoms with Crippen LogP contribution < -0.4 is 10.6 Å². The lowest BCUT2D eigenvalue weighted by Gasteiger charge is -2.07. The summed E-state index contributed by atoms with van der Waals surface area (Å²) in [5, 5.41) is 6.81. The molecule has 94 valence electrons. The molecular formula is C11H11Cl2N5. The van der Waals surface area contributed by atoms with Gasteiger partial charge in [-0.2, -0.15) is 15.0 Å². The molecule has 2 aromatic rings. The van der Waals surface area contributed by atoms with Crippen LogP contribution in [0.4, 0.5) is 17.6 Å². The Morgan fingerprint density at radius 1 is 1.00 bits per heavy atom. The number of benzene rings is 1. The molecule has 0 radical (unpaired) electrons. The first kappa shape index (κ1) is 12.9. The number of hydrogen-bond donors (Lipinski definition) is 2. The van der Waals surface area contributed by atoms with E-state index in [4.69, 9.17) is 23.2 Å². The largest absolute Gasteiger partial charge is 0.354 e. The van der Waals surface area contributed by atoms with E-state index in [9.17, 15) is 0 Å². The van der Waals surface area contributed by atoms with Crippen LogP contribution in [0.3, 0.4) is 0 Å². The molecule has 1 aromatic heterocycles. The van der Waals surface area contributed by atoms with Crippen molar-refractivity contribution < 1.29 is 0 Å². The summed E-state index contributed by atoms with van der Waals surface area (Å²) >= 11 is 11.6. The molecular weight excluding hydrogens is 273 g/mol. The zero-order valence-electron chi connectivity index (χ0n) is 9.61. The van der Waals surface area contributed by atoms with Crippen LogP contribution in [0.5, 0.6) is 0 Å². The van der Waals surface area contributed by atoms with E-state index in [-0.39, 0.29) is 5.28 Å². The van der Waals surface area contributed by atoms with Crippen LogP contribution in [-0.2, 0) is 0 Å². The maximum absolute atomic E-state index is 5.81. The first-order chi connectivity index (χ1) is 8.67.